The van der Waals surface area contributed by atoms with Gasteiger partial charge in [-0.15, -0.1) is 0 Å². The number of hydrogen-bond donors (Lipinski definition) is 2. The normalized spacial score (nSPS) is 16.3. The number of thiocarbonyl (C=S) groups is 1. The summed E-state index contributed by atoms with van der Waals surface area (Å²) in [7, 11) is 0. The van der Waals surface area contributed by atoms with Crippen molar-refractivity contribution in [2.24, 2.45) is 0 Å². The molecule has 2 N–H and O–H groups in total. The molecular formula is C14H19ClN2S. The summed E-state index contributed by atoms with van der Waals surface area (Å²) in [5.74, 6) is 0. The number of rotatable bonds is 2. The average molecular weight is 283 g/mol. The first kappa shape index (κ1) is 13.6. The van der Waals surface area contributed by atoms with Crippen molar-refractivity contribution in [3.05, 3.63) is 28.8 Å². The van der Waals surface area contributed by atoms with E-state index in [0.717, 1.165) is 5.69 Å². The molecule has 1 saturated carbocycles. The van der Waals surface area contributed by atoms with Crippen LogP contribution in [0.5, 0.6) is 0 Å². The van der Waals surface area contributed by atoms with Crippen LogP contribution in [0.15, 0.2) is 18.2 Å². The Labute approximate surface area is 119 Å². The Morgan fingerprint density at radius 1 is 1.28 bits per heavy atom. The van der Waals surface area contributed by atoms with Gasteiger partial charge in [-0.05, 0) is 49.7 Å². The Morgan fingerprint density at radius 3 is 2.72 bits per heavy atom. The Morgan fingerprint density at radius 2 is 2.00 bits per heavy atom. The van der Waals surface area contributed by atoms with Crippen molar-refractivity contribution in [2.45, 2.75) is 45.1 Å². The molecule has 0 radical (unpaired) electrons. The topological polar surface area (TPSA) is 24.1 Å². The van der Waals surface area contributed by atoms with Gasteiger partial charge in [-0.2, -0.15) is 0 Å². The number of anilines is 1. The molecule has 1 aliphatic rings. The zero-order valence-corrected chi connectivity index (χ0v) is 12.2. The lowest BCUT2D eigenvalue weighted by molar-refractivity contribution is 0.415. The molecule has 2 rings (SSSR count). The molecule has 1 aromatic carbocycles. The highest BCUT2D eigenvalue weighted by Gasteiger charge is 2.14. The first-order chi connectivity index (χ1) is 8.65. The van der Waals surface area contributed by atoms with Crippen LogP contribution in [0, 0.1) is 6.92 Å². The van der Waals surface area contributed by atoms with Crippen LogP contribution in [0.1, 0.15) is 37.7 Å². The van der Waals surface area contributed by atoms with Gasteiger partial charge in [0.05, 0.1) is 10.7 Å². The summed E-state index contributed by atoms with van der Waals surface area (Å²) >= 11 is 11.5. The lowest BCUT2D eigenvalue weighted by Crippen LogP contribution is -2.38. The van der Waals surface area contributed by atoms with Gasteiger partial charge in [0, 0.05) is 6.04 Å². The maximum Gasteiger partial charge on any atom is 0.171 e. The first-order valence-corrected chi connectivity index (χ1v) is 7.27. The van der Waals surface area contributed by atoms with Gasteiger partial charge < -0.3 is 10.6 Å². The molecule has 0 saturated heterocycles. The van der Waals surface area contributed by atoms with E-state index in [-0.39, 0.29) is 0 Å². The number of hydrogen-bond acceptors (Lipinski definition) is 1. The minimum Gasteiger partial charge on any atom is -0.360 e. The fraction of sp³-hybridized carbons (Fsp3) is 0.500. The Balaban J connectivity index is 1.92. The monoisotopic (exact) mass is 282 g/mol. The van der Waals surface area contributed by atoms with Crippen LogP contribution in [0.3, 0.4) is 0 Å². The second-order valence-corrected chi connectivity index (χ2v) is 5.73. The van der Waals surface area contributed by atoms with Crippen LogP contribution < -0.4 is 10.6 Å². The van der Waals surface area contributed by atoms with Crippen molar-refractivity contribution in [3.63, 3.8) is 0 Å². The highest BCUT2D eigenvalue weighted by atomic mass is 35.5. The summed E-state index contributed by atoms with van der Waals surface area (Å²) in [5, 5.41) is 7.94. The van der Waals surface area contributed by atoms with Crippen molar-refractivity contribution in [2.75, 3.05) is 5.32 Å². The third kappa shape index (κ3) is 3.85. The minimum atomic E-state index is 0.516. The predicted octanol–water partition coefficient (Wildman–Crippen LogP) is 4.27. The van der Waals surface area contributed by atoms with Gasteiger partial charge in [0.1, 0.15) is 0 Å². The van der Waals surface area contributed by atoms with E-state index in [9.17, 15) is 0 Å². The van der Waals surface area contributed by atoms with Crippen LogP contribution in [-0.4, -0.2) is 11.2 Å². The van der Waals surface area contributed by atoms with E-state index in [1.165, 1.54) is 37.7 Å². The van der Waals surface area contributed by atoms with E-state index in [1.807, 2.05) is 25.1 Å². The smallest absolute Gasteiger partial charge is 0.171 e. The zero-order valence-electron chi connectivity index (χ0n) is 10.6. The molecule has 2 nitrogen and oxygen atoms in total. The summed E-state index contributed by atoms with van der Waals surface area (Å²) in [6, 6.07) is 6.41. The molecule has 18 heavy (non-hydrogen) atoms. The van der Waals surface area contributed by atoms with Crippen LogP contribution >= 0.6 is 23.8 Å². The van der Waals surface area contributed by atoms with Crippen molar-refractivity contribution < 1.29 is 0 Å². The van der Waals surface area contributed by atoms with Crippen molar-refractivity contribution >= 4 is 34.6 Å². The van der Waals surface area contributed by atoms with Crippen LogP contribution in [0.2, 0.25) is 5.02 Å². The molecule has 1 aliphatic carbocycles. The molecule has 0 spiro atoms. The van der Waals surface area contributed by atoms with Gasteiger partial charge in [0.2, 0.25) is 0 Å². The van der Waals surface area contributed by atoms with Crippen molar-refractivity contribution in [1.29, 1.82) is 0 Å². The molecular weight excluding hydrogens is 264 g/mol. The summed E-state index contributed by atoms with van der Waals surface area (Å²) < 4.78 is 0. The molecule has 0 aliphatic heterocycles. The van der Waals surface area contributed by atoms with E-state index in [1.54, 1.807) is 0 Å². The lowest BCUT2D eigenvalue weighted by atomic mass is 9.96. The van der Waals surface area contributed by atoms with Gasteiger partial charge in [-0.3, -0.25) is 0 Å². The standard InChI is InChI=1S/C14H19ClN2S/c1-10-7-8-12(15)13(9-10)17-14(18)16-11-5-3-2-4-6-11/h7-9,11H,2-6H2,1H3,(H2,16,17,18). The van der Waals surface area contributed by atoms with Crippen molar-refractivity contribution in [3.8, 4) is 0 Å². The zero-order chi connectivity index (χ0) is 13.0. The quantitative estimate of drug-likeness (QED) is 0.792. The van der Waals surface area contributed by atoms with Gasteiger partial charge in [-0.25, -0.2) is 0 Å². The fourth-order valence-corrected chi connectivity index (χ4v) is 2.77. The largest absolute Gasteiger partial charge is 0.360 e. The van der Waals surface area contributed by atoms with E-state index >= 15 is 0 Å². The molecule has 0 unspecified atom stereocenters. The third-order valence-corrected chi connectivity index (χ3v) is 3.86. The van der Waals surface area contributed by atoms with Gasteiger partial charge >= 0.3 is 0 Å². The second-order valence-electron chi connectivity index (χ2n) is 4.92. The molecule has 0 aromatic heterocycles. The summed E-state index contributed by atoms with van der Waals surface area (Å²) in [4.78, 5) is 0. The van der Waals surface area contributed by atoms with Gasteiger partial charge in [0.25, 0.3) is 0 Å². The number of halogens is 1. The number of benzene rings is 1. The molecule has 0 heterocycles. The summed E-state index contributed by atoms with van der Waals surface area (Å²) in [6.45, 7) is 2.04. The maximum atomic E-state index is 6.13. The molecule has 0 amide bonds. The Bertz CT molecular complexity index is 428. The molecule has 1 fully saturated rings. The molecule has 1 aromatic rings. The third-order valence-electron chi connectivity index (χ3n) is 3.31. The molecule has 0 bridgehead atoms. The van der Waals surface area contributed by atoms with E-state index in [2.05, 4.69) is 10.6 Å². The number of aryl methyl sites for hydroxylation is 1. The van der Waals surface area contributed by atoms with Crippen LogP contribution in [0.4, 0.5) is 5.69 Å². The van der Waals surface area contributed by atoms with E-state index < -0.39 is 0 Å². The fourth-order valence-electron chi connectivity index (χ4n) is 2.33. The Kier molecular flexibility index (Phi) is 4.84. The maximum absolute atomic E-state index is 6.13. The van der Waals surface area contributed by atoms with Crippen molar-refractivity contribution in [1.82, 2.24) is 5.32 Å². The van der Waals surface area contributed by atoms with E-state index in [4.69, 9.17) is 23.8 Å². The molecule has 4 heteroatoms. The highest BCUT2D eigenvalue weighted by molar-refractivity contribution is 7.80. The molecule has 98 valence electrons. The molecule has 0 atom stereocenters. The SMILES string of the molecule is Cc1ccc(Cl)c(NC(=S)NC2CCCCC2)c1. The van der Waals surface area contributed by atoms with E-state index in [0.29, 0.717) is 16.2 Å². The lowest BCUT2D eigenvalue weighted by Gasteiger charge is -2.24. The predicted molar refractivity (Wildman–Crippen MR) is 82.4 cm³/mol. The minimum absolute atomic E-state index is 0.516. The van der Waals surface area contributed by atoms with Gasteiger partial charge in [0.15, 0.2) is 5.11 Å². The van der Waals surface area contributed by atoms with Crippen LogP contribution in [0.25, 0.3) is 0 Å². The Hall–Kier alpha value is -0.800. The van der Waals surface area contributed by atoms with Crippen LogP contribution in [-0.2, 0) is 0 Å². The second kappa shape index (κ2) is 6.39. The first-order valence-electron chi connectivity index (χ1n) is 6.49. The van der Waals surface area contributed by atoms with Gasteiger partial charge in [-0.1, -0.05) is 36.9 Å². The average Bonchev–Trinajstić information content (AvgIpc) is 2.35. The highest BCUT2D eigenvalue weighted by Crippen LogP contribution is 2.23. The summed E-state index contributed by atoms with van der Waals surface area (Å²) in [5.41, 5.74) is 2.05. The summed E-state index contributed by atoms with van der Waals surface area (Å²) in [6.07, 6.45) is 6.37. The number of nitrogens with one attached hydrogen (secondary N) is 2.